The molecule has 2 N–H and O–H groups in total. The molecule has 0 bridgehead atoms. The van der Waals surface area contributed by atoms with Crippen molar-refractivity contribution in [2.45, 2.75) is 13.8 Å². The number of amides is 1. The lowest BCUT2D eigenvalue weighted by Gasteiger charge is -2.05. The number of anilines is 1. The molecule has 0 atom stereocenters. The molecule has 2 aromatic rings. The van der Waals surface area contributed by atoms with Crippen LogP contribution in [-0.2, 0) is 0 Å². The molecule has 0 spiro atoms. The number of aromatic nitrogens is 2. The van der Waals surface area contributed by atoms with Gasteiger partial charge in [-0.1, -0.05) is 6.07 Å². The van der Waals surface area contributed by atoms with Gasteiger partial charge in [0.05, 0.1) is 16.2 Å². The molecule has 0 fully saturated rings. The Bertz CT molecular complexity index is 629. The number of non-ortho nitro benzene ring substituents is 1. The van der Waals surface area contributed by atoms with Gasteiger partial charge in [-0.25, -0.2) is 0 Å². The third-order valence-electron chi connectivity index (χ3n) is 2.67. The number of nitrogens with zero attached hydrogens (tertiary/aromatic N) is 2. The predicted octanol–water partition coefficient (Wildman–Crippen LogP) is 2.19. The lowest BCUT2D eigenvalue weighted by atomic mass is 10.2. The molecule has 7 heteroatoms. The van der Waals surface area contributed by atoms with Crippen LogP contribution in [0.1, 0.15) is 21.7 Å². The van der Waals surface area contributed by atoms with Gasteiger partial charge in [0.2, 0.25) is 0 Å². The van der Waals surface area contributed by atoms with Crippen LogP contribution in [0.15, 0.2) is 24.3 Å². The number of carbonyl (C=O) groups is 1. The molecule has 19 heavy (non-hydrogen) atoms. The first-order valence-corrected chi connectivity index (χ1v) is 5.56. The second kappa shape index (κ2) is 4.89. The Kier molecular flexibility index (Phi) is 3.28. The fraction of sp³-hybridized carbons (Fsp3) is 0.167. The quantitative estimate of drug-likeness (QED) is 0.652. The highest BCUT2D eigenvalue weighted by molar-refractivity contribution is 6.05. The summed E-state index contributed by atoms with van der Waals surface area (Å²) in [5, 5.41) is 19.9. The molecule has 0 unspecified atom stereocenters. The molecule has 0 aliphatic rings. The summed E-state index contributed by atoms with van der Waals surface area (Å²) in [6.07, 6.45) is 0. The molecule has 7 nitrogen and oxygen atoms in total. The summed E-state index contributed by atoms with van der Waals surface area (Å²) in [4.78, 5) is 22.2. The van der Waals surface area contributed by atoms with E-state index in [2.05, 4.69) is 15.5 Å². The minimum atomic E-state index is -0.510. The Morgan fingerprint density at radius 2 is 2.16 bits per heavy atom. The Labute approximate surface area is 108 Å². The van der Waals surface area contributed by atoms with E-state index in [0.29, 0.717) is 22.6 Å². The number of benzene rings is 1. The molecule has 2 rings (SSSR count). The van der Waals surface area contributed by atoms with Gasteiger partial charge in [-0.3, -0.25) is 20.0 Å². The number of nitro benzene ring substituents is 1. The van der Waals surface area contributed by atoms with Crippen LogP contribution in [0.3, 0.4) is 0 Å². The molecule has 0 saturated carbocycles. The van der Waals surface area contributed by atoms with Crippen molar-refractivity contribution in [2.24, 2.45) is 0 Å². The van der Waals surface area contributed by atoms with Crippen molar-refractivity contribution < 1.29 is 9.72 Å². The number of rotatable bonds is 3. The van der Waals surface area contributed by atoms with Crippen molar-refractivity contribution in [2.75, 3.05) is 5.32 Å². The van der Waals surface area contributed by atoms with Crippen LogP contribution in [-0.4, -0.2) is 21.0 Å². The van der Waals surface area contributed by atoms with E-state index in [4.69, 9.17) is 0 Å². The number of aryl methyl sites for hydroxylation is 2. The summed E-state index contributed by atoms with van der Waals surface area (Å²) in [7, 11) is 0. The molecule has 1 amide bonds. The van der Waals surface area contributed by atoms with E-state index in [9.17, 15) is 14.9 Å². The Hall–Kier alpha value is -2.70. The summed E-state index contributed by atoms with van der Waals surface area (Å²) in [6.45, 7) is 3.45. The first kappa shape index (κ1) is 12.7. The van der Waals surface area contributed by atoms with E-state index in [-0.39, 0.29) is 11.6 Å². The maximum Gasteiger partial charge on any atom is 0.271 e. The average Bonchev–Trinajstić information content (AvgIpc) is 2.69. The number of carbonyl (C=O) groups excluding carboxylic acids is 1. The minimum Gasteiger partial charge on any atom is -0.322 e. The number of aromatic amines is 1. The normalized spacial score (nSPS) is 10.2. The minimum absolute atomic E-state index is 0.0709. The highest BCUT2D eigenvalue weighted by Crippen LogP contribution is 2.19. The average molecular weight is 260 g/mol. The Balaban J connectivity index is 2.24. The van der Waals surface area contributed by atoms with E-state index < -0.39 is 4.92 Å². The van der Waals surface area contributed by atoms with Crippen LogP contribution in [0.25, 0.3) is 0 Å². The summed E-state index contributed by atoms with van der Waals surface area (Å²) in [6, 6.07) is 5.78. The monoisotopic (exact) mass is 260 g/mol. The van der Waals surface area contributed by atoms with Gasteiger partial charge < -0.3 is 5.32 Å². The molecule has 98 valence electrons. The molecule has 0 aliphatic carbocycles. The van der Waals surface area contributed by atoms with Crippen LogP contribution >= 0.6 is 0 Å². The highest BCUT2D eigenvalue weighted by Gasteiger charge is 2.16. The highest BCUT2D eigenvalue weighted by atomic mass is 16.6. The van der Waals surface area contributed by atoms with Gasteiger partial charge in [-0.15, -0.1) is 0 Å². The topological polar surface area (TPSA) is 101 Å². The molecule has 1 heterocycles. The van der Waals surface area contributed by atoms with E-state index in [1.807, 2.05) is 0 Å². The van der Waals surface area contributed by atoms with Crippen LogP contribution in [0.2, 0.25) is 0 Å². The van der Waals surface area contributed by atoms with Gasteiger partial charge in [0.1, 0.15) is 0 Å². The van der Waals surface area contributed by atoms with Crippen molar-refractivity contribution in [3.8, 4) is 0 Å². The second-order valence-corrected chi connectivity index (χ2v) is 4.07. The number of nitrogens with one attached hydrogen (secondary N) is 2. The Morgan fingerprint density at radius 1 is 1.42 bits per heavy atom. The second-order valence-electron chi connectivity index (χ2n) is 4.07. The summed E-state index contributed by atoms with van der Waals surface area (Å²) in [5.74, 6) is -0.343. The maximum atomic E-state index is 12.1. The van der Waals surface area contributed by atoms with Gasteiger partial charge in [-0.05, 0) is 19.9 Å². The first-order valence-electron chi connectivity index (χ1n) is 5.56. The van der Waals surface area contributed by atoms with Crippen molar-refractivity contribution in [1.29, 1.82) is 0 Å². The van der Waals surface area contributed by atoms with Crippen molar-refractivity contribution in [1.82, 2.24) is 10.2 Å². The van der Waals surface area contributed by atoms with E-state index in [1.165, 1.54) is 18.2 Å². The lowest BCUT2D eigenvalue weighted by Crippen LogP contribution is -2.13. The van der Waals surface area contributed by atoms with E-state index >= 15 is 0 Å². The largest absolute Gasteiger partial charge is 0.322 e. The van der Waals surface area contributed by atoms with Gasteiger partial charge >= 0.3 is 0 Å². The van der Waals surface area contributed by atoms with Gasteiger partial charge in [0, 0.05) is 23.5 Å². The molecule has 0 radical (unpaired) electrons. The zero-order valence-corrected chi connectivity index (χ0v) is 10.4. The molecular weight excluding hydrogens is 248 g/mol. The number of hydrogen-bond acceptors (Lipinski definition) is 4. The zero-order valence-electron chi connectivity index (χ0n) is 10.4. The van der Waals surface area contributed by atoms with Crippen LogP contribution in [0, 0.1) is 24.0 Å². The van der Waals surface area contributed by atoms with Gasteiger partial charge in [0.25, 0.3) is 11.6 Å². The van der Waals surface area contributed by atoms with Crippen molar-refractivity contribution in [3.63, 3.8) is 0 Å². The summed E-state index contributed by atoms with van der Waals surface area (Å²) >= 11 is 0. The predicted molar refractivity (Wildman–Crippen MR) is 69.1 cm³/mol. The van der Waals surface area contributed by atoms with Crippen LogP contribution in [0.4, 0.5) is 11.4 Å². The molecular formula is C12H12N4O3. The standard InChI is InChI=1S/C12H12N4O3/c1-7-11(8(2)15-14-7)12(17)13-9-4-3-5-10(6-9)16(18)19/h3-6H,1-2H3,(H,13,17)(H,14,15). The summed E-state index contributed by atoms with van der Waals surface area (Å²) < 4.78 is 0. The van der Waals surface area contributed by atoms with Crippen LogP contribution < -0.4 is 5.32 Å². The molecule has 1 aromatic heterocycles. The number of nitro groups is 1. The van der Waals surface area contributed by atoms with E-state index in [0.717, 1.165) is 0 Å². The third-order valence-corrected chi connectivity index (χ3v) is 2.67. The van der Waals surface area contributed by atoms with Crippen molar-refractivity contribution in [3.05, 3.63) is 51.3 Å². The fourth-order valence-corrected chi connectivity index (χ4v) is 1.78. The number of H-pyrrole nitrogens is 1. The maximum absolute atomic E-state index is 12.1. The van der Waals surface area contributed by atoms with Crippen molar-refractivity contribution >= 4 is 17.3 Å². The Morgan fingerprint density at radius 3 is 2.74 bits per heavy atom. The first-order chi connectivity index (χ1) is 8.99. The van der Waals surface area contributed by atoms with Gasteiger partial charge in [0.15, 0.2) is 0 Å². The SMILES string of the molecule is Cc1n[nH]c(C)c1C(=O)Nc1cccc([N+](=O)[O-])c1. The molecule has 0 aliphatic heterocycles. The smallest absolute Gasteiger partial charge is 0.271 e. The zero-order chi connectivity index (χ0) is 14.0. The third kappa shape index (κ3) is 2.59. The van der Waals surface area contributed by atoms with Gasteiger partial charge in [-0.2, -0.15) is 5.10 Å². The summed E-state index contributed by atoms with van der Waals surface area (Å²) in [5.41, 5.74) is 1.99. The molecule has 0 saturated heterocycles. The molecule has 1 aromatic carbocycles. The van der Waals surface area contributed by atoms with E-state index in [1.54, 1.807) is 19.9 Å². The number of hydrogen-bond donors (Lipinski definition) is 2. The fourth-order valence-electron chi connectivity index (χ4n) is 1.78. The lowest BCUT2D eigenvalue weighted by molar-refractivity contribution is -0.384. The van der Waals surface area contributed by atoms with Crippen LogP contribution in [0.5, 0.6) is 0 Å².